The molecule has 0 saturated carbocycles. The van der Waals surface area contributed by atoms with E-state index < -0.39 is 24.0 Å². The van der Waals surface area contributed by atoms with Gasteiger partial charge in [-0.1, -0.05) is 73.9 Å². The molecule has 3 amide bonds. The molecule has 0 bridgehead atoms. The Kier molecular flexibility index (Phi) is 36.4. The molecule has 2 atom stereocenters. The first kappa shape index (κ1) is 53.4. The lowest BCUT2D eigenvalue weighted by Gasteiger charge is -2.23. The zero-order valence-electron chi connectivity index (χ0n) is 27.7. The fourth-order valence-corrected chi connectivity index (χ4v) is 4.38. The largest absolute Gasteiger partial charge is 0.447 e. The van der Waals surface area contributed by atoms with Crippen molar-refractivity contribution in [1.82, 2.24) is 16.0 Å². The summed E-state index contributed by atoms with van der Waals surface area (Å²) in [5, 5.41) is 8.05. The lowest BCUT2D eigenvalue weighted by Crippen LogP contribution is -2.46. The number of carbonyl (C=O) groups is 5. The van der Waals surface area contributed by atoms with Gasteiger partial charge in [0, 0.05) is 52.0 Å². The Balaban J connectivity index is -0.00000264. The molecule has 0 spiro atoms. The Hall–Kier alpha value is -3.39. The molecule has 0 heterocycles. The number of nitrogens with two attached hydrogens (primary N) is 1. The average molecular weight is 715 g/mol. The molecule has 2 unspecified atom stereocenters. The quantitative estimate of drug-likeness (QED) is 0.0947. The molecule has 1 rings (SSSR count). The smallest absolute Gasteiger partial charge is 0.407 e. The Labute approximate surface area is 302 Å². The molecule has 0 radical (unpaired) electrons. The summed E-state index contributed by atoms with van der Waals surface area (Å²) in [4.78, 5) is 63.8. The molecule has 13 heteroatoms. The van der Waals surface area contributed by atoms with Gasteiger partial charge in [0.15, 0.2) is 11.6 Å². The van der Waals surface area contributed by atoms with Crippen molar-refractivity contribution in [3.8, 4) is 0 Å². The molecule has 13 nitrogen and oxygen atoms in total. The van der Waals surface area contributed by atoms with Gasteiger partial charge >= 0.3 is 6.09 Å². The van der Waals surface area contributed by atoms with Crippen molar-refractivity contribution in [2.24, 2.45) is 17.6 Å². The summed E-state index contributed by atoms with van der Waals surface area (Å²) in [5.41, 5.74) is 6.25. The number of alkyl carbamates (subject to hydrolysis) is 1. The molecule has 0 aliphatic heterocycles. The highest BCUT2D eigenvalue weighted by molar-refractivity contribution is 5.94. The predicted octanol–water partition coefficient (Wildman–Crippen LogP) is 4.49. The maximum atomic E-state index is 13.5. The highest BCUT2D eigenvalue weighted by Gasteiger charge is 2.28. The maximum Gasteiger partial charge on any atom is 0.407 e. The van der Waals surface area contributed by atoms with Crippen molar-refractivity contribution >= 4 is 29.5 Å². The van der Waals surface area contributed by atoms with E-state index in [1.54, 1.807) is 7.11 Å². The van der Waals surface area contributed by atoms with Crippen LogP contribution in [0.15, 0.2) is 30.3 Å². The topological polar surface area (TPSA) is 184 Å². The summed E-state index contributed by atoms with van der Waals surface area (Å²) < 4.78 is 20.6. The molecule has 1 aromatic carbocycles. The Morgan fingerprint density at radius 3 is 2.06 bits per heavy atom. The molecule has 1 aromatic rings. The van der Waals surface area contributed by atoms with E-state index in [2.05, 4.69) is 16.0 Å². The fraction of sp³-hybridized carbons (Fsp3) is 0.703. The van der Waals surface area contributed by atoms with Crippen LogP contribution < -0.4 is 21.7 Å². The van der Waals surface area contributed by atoms with Crippen LogP contribution in [0.4, 0.5) is 4.79 Å². The fourth-order valence-electron chi connectivity index (χ4n) is 4.38. The van der Waals surface area contributed by atoms with Gasteiger partial charge in [0.2, 0.25) is 11.8 Å². The minimum atomic E-state index is -0.803. The minimum Gasteiger partial charge on any atom is -0.447 e. The molecule has 5 N–H and O–H groups in total. The zero-order valence-corrected chi connectivity index (χ0v) is 27.7. The van der Waals surface area contributed by atoms with E-state index >= 15 is 0 Å². The average Bonchev–Trinajstić information content (AvgIpc) is 3.03. The molecule has 0 aromatic heterocycles. The standard InChI is InChI=1S/C33H54N4O9.4CH4/c1-25(2)21-29(30(39)11-12-31(40)35-14-8-16-45-18-17-43-3)37-32(41)27(22-26-9-5-4-6-10-26)23-28(38)24-36-33(42)46-20-19-44-15-7-13-34;;;;/h4-6,9-10,25,27,29H,7-8,11-24,34H2,1-3H3,(H,35,40)(H,36,42)(H,37,41);4*1H4. The Morgan fingerprint density at radius 1 is 0.800 bits per heavy atom. The number of ketones is 2. The van der Waals surface area contributed by atoms with E-state index in [0.717, 1.165) is 5.56 Å². The van der Waals surface area contributed by atoms with Crippen LogP contribution in [0.1, 0.15) is 87.6 Å². The van der Waals surface area contributed by atoms with Gasteiger partial charge in [-0.25, -0.2) is 4.79 Å². The third-order valence-corrected chi connectivity index (χ3v) is 6.78. The number of rotatable bonds is 27. The van der Waals surface area contributed by atoms with Gasteiger partial charge in [-0.15, -0.1) is 0 Å². The number of nitrogens with one attached hydrogen (secondary N) is 3. The van der Waals surface area contributed by atoms with Crippen LogP contribution in [0.5, 0.6) is 0 Å². The Morgan fingerprint density at radius 2 is 1.44 bits per heavy atom. The van der Waals surface area contributed by atoms with Gasteiger partial charge in [0.05, 0.1) is 32.4 Å². The number of methoxy groups -OCH3 is 1. The molecule has 0 aliphatic carbocycles. The lowest BCUT2D eigenvalue weighted by atomic mass is 9.91. The van der Waals surface area contributed by atoms with Gasteiger partial charge in [-0.3, -0.25) is 19.2 Å². The second kappa shape index (κ2) is 34.1. The van der Waals surface area contributed by atoms with Crippen LogP contribution in [0.2, 0.25) is 0 Å². The summed E-state index contributed by atoms with van der Waals surface area (Å²) in [7, 11) is 1.60. The number of hydrogen-bond acceptors (Lipinski definition) is 10. The van der Waals surface area contributed by atoms with Crippen molar-refractivity contribution in [3.63, 3.8) is 0 Å². The minimum absolute atomic E-state index is 0. The third-order valence-electron chi connectivity index (χ3n) is 6.78. The first-order valence-electron chi connectivity index (χ1n) is 16.1. The SMILES string of the molecule is C.C.C.C.COCCOCCCNC(=O)CCC(=O)C(CC(C)C)NC(=O)C(CC(=O)CNC(=O)OCCOCCCN)Cc1ccccc1. The van der Waals surface area contributed by atoms with E-state index in [4.69, 9.17) is 24.7 Å². The molecule has 0 fully saturated rings. The van der Waals surface area contributed by atoms with E-state index in [1.165, 1.54) is 0 Å². The van der Waals surface area contributed by atoms with Gasteiger partial charge in [-0.2, -0.15) is 0 Å². The van der Waals surface area contributed by atoms with Crippen molar-refractivity contribution in [3.05, 3.63) is 35.9 Å². The lowest BCUT2D eigenvalue weighted by molar-refractivity contribution is -0.133. The number of hydrogen-bond donors (Lipinski definition) is 4. The number of carbonyl (C=O) groups excluding carboxylic acids is 5. The number of ether oxygens (including phenoxy) is 4. The first-order chi connectivity index (χ1) is 22.2. The predicted molar refractivity (Wildman–Crippen MR) is 200 cm³/mol. The maximum absolute atomic E-state index is 13.5. The second-order valence-corrected chi connectivity index (χ2v) is 11.3. The number of Topliss-reactive ketones (excluding diaryl/α,β-unsaturated/α-hetero) is 2. The summed E-state index contributed by atoms with van der Waals surface area (Å²) >= 11 is 0. The van der Waals surface area contributed by atoms with E-state index in [1.807, 2.05) is 44.2 Å². The van der Waals surface area contributed by atoms with Crippen LogP contribution in [-0.4, -0.2) is 102 Å². The van der Waals surface area contributed by atoms with Gasteiger partial charge in [-0.05, 0) is 43.7 Å². The number of amides is 3. The van der Waals surface area contributed by atoms with E-state index in [0.29, 0.717) is 58.8 Å². The van der Waals surface area contributed by atoms with E-state index in [9.17, 15) is 24.0 Å². The summed E-state index contributed by atoms with van der Waals surface area (Å²) in [6, 6.07) is 8.45. The Bertz CT molecular complexity index is 1030. The van der Waals surface area contributed by atoms with Crippen LogP contribution in [0.25, 0.3) is 0 Å². The summed E-state index contributed by atoms with van der Waals surface area (Å²) in [6.07, 6.45) is 1.06. The molecule has 0 aliphatic rings. The number of benzene rings is 1. The van der Waals surface area contributed by atoms with Crippen molar-refractivity contribution < 1.29 is 42.9 Å². The molecular formula is C37H70N4O9. The zero-order chi connectivity index (χ0) is 34.0. The highest BCUT2D eigenvalue weighted by Crippen LogP contribution is 2.16. The van der Waals surface area contributed by atoms with Gasteiger partial charge in [0.25, 0.3) is 0 Å². The van der Waals surface area contributed by atoms with Crippen LogP contribution in [0.3, 0.4) is 0 Å². The highest BCUT2D eigenvalue weighted by atomic mass is 16.6. The van der Waals surface area contributed by atoms with Crippen molar-refractivity contribution in [2.45, 2.75) is 94.5 Å². The molecular weight excluding hydrogens is 644 g/mol. The molecule has 292 valence electrons. The normalized spacial score (nSPS) is 11.3. The van der Waals surface area contributed by atoms with E-state index in [-0.39, 0.29) is 98.5 Å². The molecule has 0 saturated heterocycles. The van der Waals surface area contributed by atoms with Gasteiger partial charge < -0.3 is 40.6 Å². The van der Waals surface area contributed by atoms with Crippen LogP contribution >= 0.6 is 0 Å². The first-order valence-corrected chi connectivity index (χ1v) is 16.1. The summed E-state index contributed by atoms with van der Waals surface area (Å²) in [6.45, 7) is 6.70. The monoisotopic (exact) mass is 715 g/mol. The van der Waals surface area contributed by atoms with Gasteiger partial charge in [0.1, 0.15) is 6.61 Å². The summed E-state index contributed by atoms with van der Waals surface area (Å²) in [5.74, 6) is -1.98. The van der Waals surface area contributed by atoms with Crippen LogP contribution in [0, 0.1) is 11.8 Å². The second-order valence-electron chi connectivity index (χ2n) is 11.3. The van der Waals surface area contributed by atoms with Crippen molar-refractivity contribution in [2.75, 3.05) is 66.4 Å². The van der Waals surface area contributed by atoms with Crippen LogP contribution in [-0.2, 0) is 44.5 Å². The van der Waals surface area contributed by atoms with Crippen molar-refractivity contribution in [1.29, 1.82) is 0 Å². The molecule has 50 heavy (non-hydrogen) atoms. The third kappa shape index (κ3) is 27.4.